The molecule has 3 nitrogen and oxygen atoms in total. The second kappa shape index (κ2) is 4.60. The minimum absolute atomic E-state index is 0.145. The standard InChI is InChI=1S/C13H12F3NO2/c1-17-7-6-8-4-2-3-5-9(8)10(12(17)19)11(18)13(14,15)16/h2-5,18H,6-7H2,1H3/b11-10-. The Balaban J connectivity index is 2.71. The fourth-order valence-corrected chi connectivity index (χ4v) is 2.05. The summed E-state index contributed by atoms with van der Waals surface area (Å²) in [5.74, 6) is -2.65. The first-order chi connectivity index (χ1) is 8.82. The number of likely N-dealkylation sites (N-methyl/N-ethyl adjacent to an activating group) is 1. The minimum atomic E-state index is -4.94. The highest BCUT2D eigenvalue weighted by Gasteiger charge is 2.40. The number of aliphatic hydroxyl groups is 1. The summed E-state index contributed by atoms with van der Waals surface area (Å²) in [6, 6.07) is 6.31. The van der Waals surface area contributed by atoms with Crippen LogP contribution in [0.2, 0.25) is 0 Å². The van der Waals surface area contributed by atoms with Crippen LogP contribution in [0.4, 0.5) is 13.2 Å². The van der Waals surface area contributed by atoms with Gasteiger partial charge in [-0.15, -0.1) is 0 Å². The lowest BCUT2D eigenvalue weighted by Gasteiger charge is -2.17. The molecule has 0 spiro atoms. The van der Waals surface area contributed by atoms with E-state index in [1.54, 1.807) is 18.2 Å². The average molecular weight is 271 g/mol. The van der Waals surface area contributed by atoms with Crippen LogP contribution in [0.3, 0.4) is 0 Å². The van der Waals surface area contributed by atoms with Crippen molar-refractivity contribution in [2.45, 2.75) is 12.6 Å². The lowest BCUT2D eigenvalue weighted by atomic mass is 9.97. The quantitative estimate of drug-likeness (QED) is 0.582. The molecule has 1 aromatic carbocycles. The number of carbonyl (C=O) groups excluding carboxylic acids is 1. The molecule has 0 bridgehead atoms. The van der Waals surface area contributed by atoms with Gasteiger partial charge in [0.25, 0.3) is 5.91 Å². The van der Waals surface area contributed by atoms with Crippen LogP contribution < -0.4 is 0 Å². The highest BCUT2D eigenvalue weighted by molar-refractivity contribution is 6.20. The molecule has 0 radical (unpaired) electrons. The maximum atomic E-state index is 12.7. The van der Waals surface area contributed by atoms with Crippen molar-refractivity contribution in [3.8, 4) is 0 Å². The van der Waals surface area contributed by atoms with E-state index in [-0.39, 0.29) is 5.56 Å². The van der Waals surface area contributed by atoms with E-state index >= 15 is 0 Å². The van der Waals surface area contributed by atoms with Crippen molar-refractivity contribution in [3.05, 3.63) is 41.2 Å². The molecule has 1 aliphatic heterocycles. The van der Waals surface area contributed by atoms with Gasteiger partial charge in [-0.1, -0.05) is 24.3 Å². The van der Waals surface area contributed by atoms with Crippen molar-refractivity contribution in [2.75, 3.05) is 13.6 Å². The van der Waals surface area contributed by atoms with Gasteiger partial charge in [0.05, 0.1) is 5.57 Å². The zero-order valence-electron chi connectivity index (χ0n) is 10.2. The summed E-state index contributed by atoms with van der Waals surface area (Å²) in [7, 11) is 1.41. The van der Waals surface area contributed by atoms with Crippen LogP contribution in [0.5, 0.6) is 0 Å². The first-order valence-electron chi connectivity index (χ1n) is 5.66. The molecule has 19 heavy (non-hydrogen) atoms. The Hall–Kier alpha value is -1.98. The van der Waals surface area contributed by atoms with Gasteiger partial charge in [0, 0.05) is 13.6 Å². The van der Waals surface area contributed by atoms with Gasteiger partial charge in [-0.3, -0.25) is 4.79 Å². The van der Waals surface area contributed by atoms with Crippen molar-refractivity contribution >= 4 is 11.5 Å². The van der Waals surface area contributed by atoms with Gasteiger partial charge in [0.1, 0.15) is 0 Å². The first-order valence-corrected chi connectivity index (χ1v) is 5.66. The third-order valence-electron chi connectivity index (χ3n) is 3.07. The van der Waals surface area contributed by atoms with E-state index in [2.05, 4.69) is 0 Å². The van der Waals surface area contributed by atoms with Crippen molar-refractivity contribution < 1.29 is 23.1 Å². The Bertz CT molecular complexity index is 549. The number of aliphatic hydroxyl groups excluding tert-OH is 1. The van der Waals surface area contributed by atoms with Crippen LogP contribution in [-0.4, -0.2) is 35.7 Å². The Morgan fingerprint density at radius 2 is 1.95 bits per heavy atom. The predicted octanol–water partition coefficient (Wildman–Crippen LogP) is 2.53. The molecule has 0 unspecified atom stereocenters. The number of hydrogen-bond acceptors (Lipinski definition) is 2. The van der Waals surface area contributed by atoms with Gasteiger partial charge in [-0.2, -0.15) is 13.2 Å². The van der Waals surface area contributed by atoms with Gasteiger partial charge in [-0.25, -0.2) is 0 Å². The van der Waals surface area contributed by atoms with Crippen LogP contribution in [0.25, 0.3) is 5.57 Å². The Kier molecular flexibility index (Phi) is 3.26. The zero-order valence-corrected chi connectivity index (χ0v) is 10.2. The lowest BCUT2D eigenvalue weighted by molar-refractivity contribution is -0.128. The molecule has 1 N–H and O–H groups in total. The van der Waals surface area contributed by atoms with E-state index in [1.165, 1.54) is 18.0 Å². The Morgan fingerprint density at radius 3 is 2.58 bits per heavy atom. The molecule has 1 amide bonds. The predicted molar refractivity (Wildman–Crippen MR) is 63.4 cm³/mol. The number of hydrogen-bond donors (Lipinski definition) is 1. The van der Waals surface area contributed by atoms with E-state index < -0.39 is 23.4 Å². The van der Waals surface area contributed by atoms with Crippen LogP contribution in [0.1, 0.15) is 11.1 Å². The minimum Gasteiger partial charge on any atom is -0.504 e. The molecule has 0 fully saturated rings. The van der Waals surface area contributed by atoms with Crippen molar-refractivity contribution in [2.24, 2.45) is 0 Å². The monoisotopic (exact) mass is 271 g/mol. The van der Waals surface area contributed by atoms with E-state index in [4.69, 9.17) is 0 Å². The first kappa shape index (κ1) is 13.5. The molecule has 1 heterocycles. The molecule has 0 aromatic heterocycles. The van der Waals surface area contributed by atoms with Crippen molar-refractivity contribution in [1.82, 2.24) is 4.90 Å². The van der Waals surface area contributed by atoms with Crippen LogP contribution >= 0.6 is 0 Å². The third-order valence-corrected chi connectivity index (χ3v) is 3.07. The summed E-state index contributed by atoms with van der Waals surface area (Å²) in [4.78, 5) is 13.2. The molecule has 0 saturated carbocycles. The lowest BCUT2D eigenvalue weighted by Crippen LogP contribution is -2.29. The number of halogens is 3. The van der Waals surface area contributed by atoms with Gasteiger partial charge < -0.3 is 10.0 Å². The van der Waals surface area contributed by atoms with Gasteiger partial charge in [-0.05, 0) is 17.5 Å². The topological polar surface area (TPSA) is 40.5 Å². The largest absolute Gasteiger partial charge is 0.504 e. The molecule has 1 aliphatic rings. The number of nitrogens with zero attached hydrogens (tertiary/aromatic N) is 1. The molecule has 0 saturated heterocycles. The van der Waals surface area contributed by atoms with Crippen molar-refractivity contribution in [1.29, 1.82) is 0 Å². The summed E-state index contributed by atoms with van der Waals surface area (Å²) in [5.41, 5.74) is 0.0841. The zero-order chi connectivity index (χ0) is 14.2. The van der Waals surface area contributed by atoms with Gasteiger partial charge >= 0.3 is 6.18 Å². The maximum Gasteiger partial charge on any atom is 0.449 e. The van der Waals surface area contributed by atoms with Crippen molar-refractivity contribution in [3.63, 3.8) is 0 Å². The van der Waals surface area contributed by atoms with Gasteiger partial charge in [0.2, 0.25) is 5.76 Å². The number of rotatable bonds is 0. The summed E-state index contributed by atoms with van der Waals surface area (Å²) in [6.07, 6.45) is -4.49. The van der Waals surface area contributed by atoms with E-state index in [1.807, 2.05) is 0 Å². The Morgan fingerprint density at radius 1 is 1.32 bits per heavy atom. The molecule has 6 heteroatoms. The van der Waals surface area contributed by atoms with Crippen LogP contribution in [0, 0.1) is 0 Å². The van der Waals surface area contributed by atoms with Crippen LogP contribution in [-0.2, 0) is 11.2 Å². The highest BCUT2D eigenvalue weighted by Crippen LogP contribution is 2.34. The summed E-state index contributed by atoms with van der Waals surface area (Å²) >= 11 is 0. The molecule has 2 rings (SSSR count). The smallest absolute Gasteiger partial charge is 0.449 e. The average Bonchev–Trinajstić information content (AvgIpc) is 2.47. The maximum absolute atomic E-state index is 12.7. The molecule has 102 valence electrons. The van der Waals surface area contributed by atoms with E-state index in [0.29, 0.717) is 18.5 Å². The summed E-state index contributed by atoms with van der Waals surface area (Å²) in [6.45, 7) is 0.310. The molecule has 0 atom stereocenters. The number of alkyl halides is 3. The number of fused-ring (bicyclic) bond motifs is 1. The number of benzene rings is 1. The van der Waals surface area contributed by atoms with Gasteiger partial charge in [0.15, 0.2) is 0 Å². The normalized spacial score (nSPS) is 18.9. The number of carbonyl (C=O) groups is 1. The Labute approximate surface area is 108 Å². The fraction of sp³-hybridized carbons (Fsp3) is 0.308. The molecular formula is C13H12F3NO2. The van der Waals surface area contributed by atoms with E-state index in [0.717, 1.165) is 0 Å². The van der Waals surface area contributed by atoms with E-state index in [9.17, 15) is 23.1 Å². The molecule has 0 aliphatic carbocycles. The second-order valence-electron chi connectivity index (χ2n) is 4.36. The number of allylic oxidation sites excluding steroid dienone is 1. The SMILES string of the molecule is CN1CCc2ccccc2/C(=C(/O)C(F)(F)F)C1=O. The second-order valence-corrected chi connectivity index (χ2v) is 4.36. The molecule has 1 aromatic rings. The third kappa shape index (κ3) is 2.43. The summed E-state index contributed by atoms with van der Waals surface area (Å²) < 4.78 is 38.0. The molecular weight excluding hydrogens is 259 g/mol. The fourth-order valence-electron chi connectivity index (χ4n) is 2.05. The highest BCUT2D eigenvalue weighted by atomic mass is 19.4. The van der Waals surface area contributed by atoms with Crippen LogP contribution in [0.15, 0.2) is 30.0 Å². The summed E-state index contributed by atoms with van der Waals surface area (Å²) in [5, 5.41) is 9.38. The number of amides is 1.